The smallest absolute Gasteiger partial charge is 0.322 e. The van der Waals surface area contributed by atoms with Crippen LogP contribution in [0.4, 0.5) is 11.8 Å². The lowest BCUT2D eigenvalue weighted by atomic mass is 10.3. The highest BCUT2D eigenvalue weighted by atomic mass is 35.5. The van der Waals surface area contributed by atoms with Crippen molar-refractivity contribution in [2.45, 2.75) is 0 Å². The number of methoxy groups -OCH3 is 1. The molecule has 0 bridgehead atoms. The predicted octanol–water partition coefficient (Wildman–Crippen LogP) is 2.34. The van der Waals surface area contributed by atoms with Crippen LogP contribution < -0.4 is 15.0 Å². The van der Waals surface area contributed by atoms with Crippen LogP contribution in [0.25, 0.3) is 10.8 Å². The van der Waals surface area contributed by atoms with Gasteiger partial charge in [0.05, 0.1) is 25.3 Å². The van der Waals surface area contributed by atoms with Gasteiger partial charge in [-0.05, 0) is 11.4 Å². The molecule has 1 aliphatic heterocycles. The summed E-state index contributed by atoms with van der Waals surface area (Å²) < 4.78 is 16.1. The minimum Gasteiger partial charge on any atom is -0.494 e. The van der Waals surface area contributed by atoms with Crippen molar-refractivity contribution >= 4 is 40.7 Å². The maximum absolute atomic E-state index is 12.6. The Labute approximate surface area is 168 Å². The monoisotopic (exact) mass is 422 g/mol. The van der Waals surface area contributed by atoms with Crippen molar-refractivity contribution in [3.63, 3.8) is 0 Å². The van der Waals surface area contributed by atoms with Gasteiger partial charge in [0.15, 0.2) is 17.3 Å². The lowest BCUT2D eigenvalue weighted by Crippen LogP contribution is -2.37. The average Bonchev–Trinajstić information content (AvgIpc) is 3.36. The summed E-state index contributed by atoms with van der Waals surface area (Å²) in [6.45, 7) is 2.61. The number of rotatable bonds is 5. The van der Waals surface area contributed by atoms with Gasteiger partial charge in [0.1, 0.15) is 4.88 Å². The molecule has 10 nitrogen and oxygen atoms in total. The summed E-state index contributed by atoms with van der Waals surface area (Å²) in [7, 11) is 1.46. The largest absolute Gasteiger partial charge is 0.494 e. The minimum atomic E-state index is -0.578. The third-order valence-electron chi connectivity index (χ3n) is 3.97. The van der Waals surface area contributed by atoms with E-state index in [2.05, 4.69) is 25.7 Å². The minimum absolute atomic E-state index is 0.00779. The molecule has 4 rings (SSSR count). The van der Waals surface area contributed by atoms with E-state index in [0.717, 1.165) is 0 Å². The number of thiophene rings is 1. The summed E-state index contributed by atoms with van der Waals surface area (Å²) in [5, 5.41) is 20.6. The third kappa shape index (κ3) is 3.77. The van der Waals surface area contributed by atoms with Crippen LogP contribution in [-0.4, -0.2) is 59.7 Å². The first kappa shape index (κ1) is 18.6. The van der Waals surface area contributed by atoms with Crippen molar-refractivity contribution in [3.8, 4) is 16.5 Å². The molecule has 0 saturated carbocycles. The molecule has 3 aromatic heterocycles. The number of ether oxygens (including phenoxy) is 2. The highest BCUT2D eigenvalue weighted by Gasteiger charge is 2.22. The Morgan fingerprint density at radius 2 is 2.11 bits per heavy atom. The normalized spacial score (nSPS) is 14.1. The number of carbonyl (C=O) groups is 1. The molecule has 1 N–H and O–H groups in total. The fraction of sp³-hybridized carbons (Fsp3) is 0.312. The molecule has 0 atom stereocenters. The summed E-state index contributed by atoms with van der Waals surface area (Å²) in [5.74, 6) is 0.542. The first-order chi connectivity index (χ1) is 13.7. The molecule has 3 aromatic rings. The van der Waals surface area contributed by atoms with Crippen molar-refractivity contribution in [1.82, 2.24) is 20.4 Å². The number of nitrogens with one attached hydrogen (secondary N) is 1. The van der Waals surface area contributed by atoms with E-state index in [1.54, 1.807) is 17.5 Å². The van der Waals surface area contributed by atoms with Gasteiger partial charge in [0.2, 0.25) is 0 Å². The summed E-state index contributed by atoms with van der Waals surface area (Å²) in [6.07, 6.45) is 0. The van der Waals surface area contributed by atoms with Crippen molar-refractivity contribution in [2.24, 2.45) is 0 Å². The molecule has 146 valence electrons. The number of anilines is 2. The first-order valence-corrected chi connectivity index (χ1v) is 9.54. The molecule has 1 saturated heterocycles. The second kappa shape index (κ2) is 8.09. The molecule has 4 heterocycles. The van der Waals surface area contributed by atoms with Gasteiger partial charge in [0.25, 0.3) is 11.8 Å². The molecule has 0 radical (unpaired) electrons. The van der Waals surface area contributed by atoms with Gasteiger partial charge in [-0.3, -0.25) is 10.1 Å². The number of carbonyl (C=O) groups excluding carboxylic acids is 1. The Morgan fingerprint density at radius 1 is 1.29 bits per heavy atom. The van der Waals surface area contributed by atoms with E-state index in [4.69, 9.17) is 25.5 Å². The molecule has 0 aromatic carbocycles. The van der Waals surface area contributed by atoms with Crippen LogP contribution in [0.5, 0.6) is 5.75 Å². The number of aromatic nitrogens is 4. The van der Waals surface area contributed by atoms with Gasteiger partial charge in [-0.25, -0.2) is 0 Å². The van der Waals surface area contributed by atoms with E-state index in [-0.39, 0.29) is 23.3 Å². The lowest BCUT2D eigenvalue weighted by Gasteiger charge is -2.27. The molecular formula is C16H15ClN6O4S. The molecule has 1 aliphatic rings. The zero-order chi connectivity index (χ0) is 19.5. The van der Waals surface area contributed by atoms with E-state index < -0.39 is 5.91 Å². The highest BCUT2D eigenvalue weighted by Crippen LogP contribution is 2.33. The second-order valence-electron chi connectivity index (χ2n) is 5.68. The Balaban J connectivity index is 1.51. The van der Waals surface area contributed by atoms with Gasteiger partial charge in [0, 0.05) is 19.2 Å². The van der Waals surface area contributed by atoms with Crippen LogP contribution in [0.2, 0.25) is 5.02 Å². The van der Waals surface area contributed by atoms with E-state index >= 15 is 0 Å². The van der Waals surface area contributed by atoms with Crippen LogP contribution >= 0.6 is 22.9 Å². The van der Waals surface area contributed by atoms with Gasteiger partial charge < -0.3 is 18.8 Å². The summed E-state index contributed by atoms with van der Waals surface area (Å²) in [4.78, 5) is 15.2. The first-order valence-electron chi connectivity index (χ1n) is 8.28. The molecule has 1 fully saturated rings. The third-order valence-corrected chi connectivity index (χ3v) is 5.30. The standard InChI is InChI=1S/C16H15ClN6O4S/c1-25-10-8-11(23-3-5-26-6-4-23)19-20-12(10)14(24)18-16-22-21-15(27-16)13-9(17)2-7-28-13/h2,7-8H,3-6H2,1H3,(H,18,22,24). The fourth-order valence-electron chi connectivity index (χ4n) is 2.59. The maximum Gasteiger partial charge on any atom is 0.322 e. The lowest BCUT2D eigenvalue weighted by molar-refractivity contribution is 0.101. The molecule has 0 aliphatic carbocycles. The molecule has 0 spiro atoms. The van der Waals surface area contributed by atoms with Crippen LogP contribution in [0, 0.1) is 0 Å². The highest BCUT2D eigenvalue weighted by molar-refractivity contribution is 7.14. The number of morpholine rings is 1. The van der Waals surface area contributed by atoms with Gasteiger partial charge in [-0.2, -0.15) is 0 Å². The van der Waals surface area contributed by atoms with Crippen molar-refractivity contribution < 1.29 is 18.7 Å². The Bertz CT molecular complexity index is 987. The number of nitrogens with zero attached hydrogens (tertiary/aromatic N) is 5. The van der Waals surface area contributed by atoms with E-state index in [1.807, 2.05) is 4.90 Å². The zero-order valence-corrected chi connectivity index (χ0v) is 16.3. The maximum atomic E-state index is 12.6. The van der Waals surface area contributed by atoms with E-state index in [9.17, 15) is 4.79 Å². The van der Waals surface area contributed by atoms with Gasteiger partial charge in [-0.15, -0.1) is 26.6 Å². The van der Waals surface area contributed by atoms with Crippen LogP contribution in [0.15, 0.2) is 21.9 Å². The molecule has 12 heteroatoms. The van der Waals surface area contributed by atoms with E-state index in [1.165, 1.54) is 18.4 Å². The molecule has 0 unspecified atom stereocenters. The van der Waals surface area contributed by atoms with Crippen LogP contribution in [-0.2, 0) is 4.74 Å². The average molecular weight is 423 g/mol. The quantitative estimate of drug-likeness (QED) is 0.661. The molecule has 1 amide bonds. The van der Waals surface area contributed by atoms with Crippen LogP contribution in [0.1, 0.15) is 10.5 Å². The number of amides is 1. The number of halogens is 1. The van der Waals surface area contributed by atoms with Crippen molar-refractivity contribution in [2.75, 3.05) is 43.6 Å². The Kier molecular flexibility index (Phi) is 5.37. The van der Waals surface area contributed by atoms with Gasteiger partial charge >= 0.3 is 6.01 Å². The summed E-state index contributed by atoms with van der Waals surface area (Å²) >= 11 is 7.41. The SMILES string of the molecule is COc1cc(N2CCOCC2)nnc1C(=O)Nc1nnc(-c2sccc2Cl)o1. The summed E-state index contributed by atoms with van der Waals surface area (Å²) in [5.41, 5.74) is 0.00779. The fourth-order valence-corrected chi connectivity index (χ4v) is 3.65. The molecule has 28 heavy (non-hydrogen) atoms. The van der Waals surface area contributed by atoms with Crippen molar-refractivity contribution in [1.29, 1.82) is 0 Å². The van der Waals surface area contributed by atoms with Crippen LogP contribution in [0.3, 0.4) is 0 Å². The predicted molar refractivity (Wildman–Crippen MR) is 102 cm³/mol. The molecular weight excluding hydrogens is 408 g/mol. The zero-order valence-electron chi connectivity index (χ0n) is 14.7. The topological polar surface area (TPSA) is 116 Å². The Hall–Kier alpha value is -2.76. The summed E-state index contributed by atoms with van der Waals surface area (Å²) in [6, 6.07) is 3.31. The number of hydrogen-bond donors (Lipinski definition) is 1. The van der Waals surface area contributed by atoms with Crippen molar-refractivity contribution in [3.05, 3.63) is 28.2 Å². The number of hydrogen-bond acceptors (Lipinski definition) is 10. The second-order valence-corrected chi connectivity index (χ2v) is 7.01. The van der Waals surface area contributed by atoms with Gasteiger partial charge in [-0.1, -0.05) is 16.7 Å². The van der Waals surface area contributed by atoms with E-state index in [0.29, 0.717) is 42.0 Å². The Morgan fingerprint density at radius 3 is 2.82 bits per heavy atom.